The summed E-state index contributed by atoms with van der Waals surface area (Å²) >= 11 is 10.1. The summed E-state index contributed by atoms with van der Waals surface area (Å²) in [5.74, 6) is -0.0705. The number of carbonyl (C=O) groups excluding carboxylic acids is 1. The fourth-order valence-electron chi connectivity index (χ4n) is 2.13. The van der Waals surface area contributed by atoms with Crippen LogP contribution in [0.1, 0.15) is 11.1 Å². The molecule has 0 radical (unpaired) electrons. The zero-order chi connectivity index (χ0) is 15.7. The van der Waals surface area contributed by atoms with Crippen molar-refractivity contribution in [3.05, 3.63) is 69.0 Å². The molecule has 1 saturated heterocycles. The standard InChI is InChI=1S/C17H12BrNOS2/c1-11-5-7-14(8-6-11)19-16(20)15(22-17(19)21)10-12-3-2-4-13(18)9-12/h2-10H,1H3/b15-10+. The van der Waals surface area contributed by atoms with E-state index in [4.69, 9.17) is 12.2 Å². The Bertz CT molecular complexity index is 784. The maximum Gasteiger partial charge on any atom is 0.270 e. The number of amides is 1. The molecule has 0 N–H and O–H groups in total. The summed E-state index contributed by atoms with van der Waals surface area (Å²) in [5.41, 5.74) is 2.93. The summed E-state index contributed by atoms with van der Waals surface area (Å²) in [7, 11) is 0. The number of benzene rings is 2. The molecule has 1 heterocycles. The van der Waals surface area contributed by atoms with Gasteiger partial charge in [-0.05, 0) is 42.8 Å². The van der Waals surface area contributed by atoms with Gasteiger partial charge in [0, 0.05) is 4.47 Å². The highest BCUT2D eigenvalue weighted by Gasteiger charge is 2.33. The molecule has 0 spiro atoms. The normalized spacial score (nSPS) is 16.6. The topological polar surface area (TPSA) is 20.3 Å². The van der Waals surface area contributed by atoms with E-state index in [2.05, 4.69) is 15.9 Å². The van der Waals surface area contributed by atoms with Gasteiger partial charge < -0.3 is 0 Å². The summed E-state index contributed by atoms with van der Waals surface area (Å²) in [6.07, 6.45) is 1.87. The second-order valence-electron chi connectivity index (χ2n) is 4.91. The molecule has 0 atom stereocenters. The van der Waals surface area contributed by atoms with E-state index in [-0.39, 0.29) is 5.91 Å². The minimum atomic E-state index is -0.0705. The van der Waals surface area contributed by atoms with Crippen LogP contribution in [0.15, 0.2) is 57.9 Å². The quantitative estimate of drug-likeness (QED) is 0.522. The number of aryl methyl sites for hydroxylation is 1. The van der Waals surface area contributed by atoms with Crippen LogP contribution < -0.4 is 4.90 Å². The van der Waals surface area contributed by atoms with E-state index in [9.17, 15) is 4.79 Å². The third-order valence-electron chi connectivity index (χ3n) is 3.23. The van der Waals surface area contributed by atoms with Gasteiger partial charge in [-0.25, -0.2) is 0 Å². The lowest BCUT2D eigenvalue weighted by atomic mass is 10.2. The predicted molar refractivity (Wildman–Crippen MR) is 101 cm³/mol. The fourth-order valence-corrected chi connectivity index (χ4v) is 3.85. The van der Waals surface area contributed by atoms with Crippen molar-refractivity contribution in [2.45, 2.75) is 6.92 Å². The average molecular weight is 390 g/mol. The minimum absolute atomic E-state index is 0.0705. The first-order chi connectivity index (χ1) is 10.5. The van der Waals surface area contributed by atoms with Gasteiger partial charge in [0.25, 0.3) is 5.91 Å². The van der Waals surface area contributed by atoms with E-state index >= 15 is 0 Å². The predicted octanol–water partition coefficient (Wildman–Crippen LogP) is 5.16. The first-order valence-corrected chi connectivity index (χ1v) is 8.66. The van der Waals surface area contributed by atoms with Crippen molar-refractivity contribution < 1.29 is 4.79 Å². The van der Waals surface area contributed by atoms with Crippen molar-refractivity contribution in [2.75, 3.05) is 4.90 Å². The van der Waals surface area contributed by atoms with Gasteiger partial charge in [0.2, 0.25) is 0 Å². The van der Waals surface area contributed by atoms with Crippen LogP contribution in [0.2, 0.25) is 0 Å². The summed E-state index contributed by atoms with van der Waals surface area (Å²) in [6.45, 7) is 2.02. The SMILES string of the molecule is Cc1ccc(N2C(=O)/C(=C\c3cccc(Br)c3)SC2=S)cc1. The minimum Gasteiger partial charge on any atom is -0.268 e. The molecule has 110 valence electrons. The summed E-state index contributed by atoms with van der Waals surface area (Å²) < 4.78 is 1.55. The number of thioether (sulfide) groups is 1. The third-order valence-corrected chi connectivity index (χ3v) is 5.03. The molecular weight excluding hydrogens is 378 g/mol. The number of halogens is 1. The molecule has 0 aliphatic carbocycles. The van der Waals surface area contributed by atoms with E-state index in [0.717, 1.165) is 21.3 Å². The van der Waals surface area contributed by atoms with E-state index in [1.807, 2.05) is 61.5 Å². The molecule has 2 nitrogen and oxygen atoms in total. The summed E-state index contributed by atoms with van der Waals surface area (Å²) in [6, 6.07) is 15.6. The largest absolute Gasteiger partial charge is 0.270 e. The number of thiocarbonyl (C=S) groups is 1. The Morgan fingerprint density at radius 3 is 2.59 bits per heavy atom. The van der Waals surface area contributed by atoms with Gasteiger partial charge in [0.1, 0.15) is 0 Å². The van der Waals surface area contributed by atoms with E-state index in [0.29, 0.717) is 9.23 Å². The Morgan fingerprint density at radius 1 is 1.18 bits per heavy atom. The molecule has 5 heteroatoms. The maximum absolute atomic E-state index is 12.6. The van der Waals surface area contributed by atoms with Crippen LogP contribution in [-0.4, -0.2) is 10.2 Å². The molecule has 1 aliphatic heterocycles. The second kappa shape index (κ2) is 6.36. The third kappa shape index (κ3) is 3.16. The fraction of sp³-hybridized carbons (Fsp3) is 0.0588. The zero-order valence-corrected chi connectivity index (χ0v) is 15.0. The van der Waals surface area contributed by atoms with Crippen LogP contribution in [0.3, 0.4) is 0 Å². The Morgan fingerprint density at radius 2 is 1.91 bits per heavy atom. The Kier molecular flexibility index (Phi) is 4.47. The van der Waals surface area contributed by atoms with Crippen molar-refractivity contribution in [2.24, 2.45) is 0 Å². The number of hydrogen-bond donors (Lipinski definition) is 0. The van der Waals surface area contributed by atoms with Gasteiger partial charge in [0.15, 0.2) is 4.32 Å². The molecule has 2 aromatic rings. The van der Waals surface area contributed by atoms with Crippen molar-refractivity contribution in [3.8, 4) is 0 Å². The number of hydrogen-bond acceptors (Lipinski definition) is 3. The molecule has 0 saturated carbocycles. The van der Waals surface area contributed by atoms with Crippen molar-refractivity contribution in [3.63, 3.8) is 0 Å². The molecule has 1 fully saturated rings. The molecule has 1 amide bonds. The van der Waals surface area contributed by atoms with Gasteiger partial charge in [0.05, 0.1) is 10.6 Å². The highest BCUT2D eigenvalue weighted by molar-refractivity contribution is 9.10. The van der Waals surface area contributed by atoms with E-state index in [1.54, 1.807) is 4.90 Å². The number of carbonyl (C=O) groups is 1. The van der Waals surface area contributed by atoms with Crippen molar-refractivity contribution in [1.29, 1.82) is 0 Å². The Labute approximate surface area is 147 Å². The highest BCUT2D eigenvalue weighted by Crippen LogP contribution is 2.36. The first-order valence-electron chi connectivity index (χ1n) is 6.65. The van der Waals surface area contributed by atoms with Crippen LogP contribution in [0.4, 0.5) is 5.69 Å². The maximum atomic E-state index is 12.6. The Hall–Kier alpha value is -1.43. The number of rotatable bonds is 2. The lowest BCUT2D eigenvalue weighted by Crippen LogP contribution is -2.27. The highest BCUT2D eigenvalue weighted by atomic mass is 79.9. The van der Waals surface area contributed by atoms with Crippen LogP contribution in [-0.2, 0) is 4.79 Å². The molecule has 1 aliphatic rings. The summed E-state index contributed by atoms with van der Waals surface area (Å²) in [4.78, 5) is 14.9. The lowest BCUT2D eigenvalue weighted by molar-refractivity contribution is -0.113. The molecule has 0 unspecified atom stereocenters. The average Bonchev–Trinajstić information content (AvgIpc) is 2.75. The van der Waals surface area contributed by atoms with Gasteiger partial charge >= 0.3 is 0 Å². The molecule has 3 rings (SSSR count). The lowest BCUT2D eigenvalue weighted by Gasteiger charge is -2.14. The number of anilines is 1. The van der Waals surface area contributed by atoms with E-state index in [1.165, 1.54) is 11.8 Å². The molecule has 22 heavy (non-hydrogen) atoms. The number of nitrogens with zero attached hydrogens (tertiary/aromatic N) is 1. The second-order valence-corrected chi connectivity index (χ2v) is 7.50. The van der Waals surface area contributed by atoms with Gasteiger partial charge in [-0.2, -0.15) is 0 Å². The van der Waals surface area contributed by atoms with Crippen LogP contribution in [0.25, 0.3) is 6.08 Å². The Balaban J connectivity index is 1.93. The smallest absolute Gasteiger partial charge is 0.268 e. The zero-order valence-electron chi connectivity index (χ0n) is 11.7. The molecule has 0 aromatic heterocycles. The van der Waals surface area contributed by atoms with Crippen LogP contribution in [0.5, 0.6) is 0 Å². The van der Waals surface area contributed by atoms with Gasteiger partial charge in [-0.3, -0.25) is 9.69 Å². The van der Waals surface area contributed by atoms with Crippen LogP contribution >= 0.6 is 39.9 Å². The summed E-state index contributed by atoms with van der Waals surface area (Å²) in [5, 5.41) is 0. The van der Waals surface area contributed by atoms with E-state index < -0.39 is 0 Å². The first kappa shape index (κ1) is 15.5. The molecular formula is C17H12BrNOS2. The monoisotopic (exact) mass is 389 g/mol. The van der Waals surface area contributed by atoms with Crippen LogP contribution in [0, 0.1) is 6.92 Å². The van der Waals surface area contributed by atoms with Crippen molar-refractivity contribution >= 4 is 61.9 Å². The van der Waals surface area contributed by atoms with Gasteiger partial charge in [-0.15, -0.1) is 0 Å². The molecule has 0 bridgehead atoms. The molecule has 2 aromatic carbocycles. The van der Waals surface area contributed by atoms with Crippen molar-refractivity contribution in [1.82, 2.24) is 0 Å². The van der Waals surface area contributed by atoms with Gasteiger partial charge in [-0.1, -0.05) is 69.7 Å².